The van der Waals surface area contributed by atoms with E-state index in [0.29, 0.717) is 11.5 Å². The van der Waals surface area contributed by atoms with Gasteiger partial charge in [0.25, 0.3) is 0 Å². The van der Waals surface area contributed by atoms with Crippen LogP contribution >= 0.6 is 0 Å². The highest BCUT2D eigenvalue weighted by Crippen LogP contribution is 2.40. The van der Waals surface area contributed by atoms with Crippen molar-refractivity contribution < 1.29 is 17.9 Å². The lowest BCUT2D eigenvalue weighted by atomic mass is 9.76. The Hall–Kier alpha value is -1.75. The van der Waals surface area contributed by atoms with Gasteiger partial charge in [-0.25, -0.2) is 4.39 Å². The van der Waals surface area contributed by atoms with Crippen molar-refractivity contribution in [2.24, 2.45) is 11.8 Å². The van der Waals surface area contributed by atoms with Crippen molar-refractivity contribution in [2.75, 3.05) is 0 Å². The number of ether oxygens (including phenoxy) is 1. The summed E-state index contributed by atoms with van der Waals surface area (Å²) in [7, 11) is -0.0134. The minimum Gasteiger partial charge on any atom is -0.432 e. The molecule has 2 aliphatic rings. The average molecular weight is 516 g/mol. The molecular weight excluding hydrogens is 473 g/mol. The second kappa shape index (κ2) is 13.7. The molecular formula is C31H42F3OSi. The molecule has 36 heavy (non-hydrogen) atoms. The summed E-state index contributed by atoms with van der Waals surface area (Å²) in [6, 6.07) is 17.2. The minimum atomic E-state index is -3.03. The molecule has 0 unspecified atom stereocenters. The third-order valence-electron chi connectivity index (χ3n) is 8.64. The lowest BCUT2D eigenvalue weighted by Crippen LogP contribution is -2.22. The Morgan fingerprint density at radius 3 is 2.08 bits per heavy atom. The summed E-state index contributed by atoms with van der Waals surface area (Å²) in [6.07, 6.45) is 15.3. The van der Waals surface area contributed by atoms with Crippen LogP contribution in [-0.4, -0.2) is 15.4 Å². The smallest absolute Gasteiger partial charge is 0.387 e. The molecule has 0 spiro atoms. The van der Waals surface area contributed by atoms with Gasteiger partial charge in [-0.15, -0.1) is 0 Å². The van der Waals surface area contributed by atoms with E-state index in [9.17, 15) is 13.2 Å². The van der Waals surface area contributed by atoms with Crippen LogP contribution < -0.4 is 4.74 Å². The van der Waals surface area contributed by atoms with E-state index in [1.807, 2.05) is 12.1 Å². The summed E-state index contributed by atoms with van der Waals surface area (Å²) in [5.41, 5.74) is 2.92. The van der Waals surface area contributed by atoms with E-state index in [1.165, 1.54) is 88.3 Å². The Morgan fingerprint density at radius 1 is 0.833 bits per heavy atom. The van der Waals surface area contributed by atoms with Crippen LogP contribution in [0.2, 0.25) is 18.1 Å². The van der Waals surface area contributed by atoms with Gasteiger partial charge in [-0.05, 0) is 72.3 Å². The second-order valence-corrected chi connectivity index (χ2v) is 14.1. The van der Waals surface area contributed by atoms with Crippen LogP contribution in [0.25, 0.3) is 11.1 Å². The van der Waals surface area contributed by atoms with Gasteiger partial charge in [0.1, 0.15) is 0 Å². The molecule has 197 valence electrons. The van der Waals surface area contributed by atoms with Gasteiger partial charge < -0.3 is 4.74 Å². The summed E-state index contributed by atoms with van der Waals surface area (Å²) in [5, 5.41) is 0. The third-order valence-corrected chi connectivity index (χ3v) is 11.7. The number of alkyl halides is 2. The molecule has 0 N–H and O–H groups in total. The molecule has 1 aliphatic carbocycles. The normalized spacial score (nSPS) is 21.7. The first kappa shape index (κ1) is 27.3. The fraction of sp³-hybridized carbons (Fsp3) is 0.613. The van der Waals surface area contributed by atoms with Gasteiger partial charge >= 0.3 is 6.61 Å². The SMILES string of the molecule is CCCCC[Si]1CCC(CCC2CCC(c3ccc(-c4ccc(OC(F)F)c(F)c4)cc3)CC2)CC1. The number of benzene rings is 2. The quantitative estimate of drug-likeness (QED) is 0.214. The third kappa shape index (κ3) is 7.87. The molecule has 1 saturated heterocycles. The lowest BCUT2D eigenvalue weighted by Gasteiger charge is -2.32. The van der Waals surface area contributed by atoms with Crippen LogP contribution in [0.5, 0.6) is 5.75 Å². The van der Waals surface area contributed by atoms with Gasteiger partial charge in [-0.2, -0.15) is 8.78 Å². The zero-order chi connectivity index (χ0) is 25.3. The first-order valence-electron chi connectivity index (χ1n) is 14.2. The summed E-state index contributed by atoms with van der Waals surface area (Å²) in [5.74, 6) is 1.32. The Labute approximate surface area is 217 Å². The number of hydrogen-bond acceptors (Lipinski definition) is 1. The number of rotatable bonds is 11. The Balaban J connectivity index is 1.19. The average Bonchev–Trinajstić information content (AvgIpc) is 2.90. The monoisotopic (exact) mass is 515 g/mol. The van der Waals surface area contributed by atoms with Crippen LogP contribution in [0, 0.1) is 17.7 Å². The maximum absolute atomic E-state index is 14.1. The van der Waals surface area contributed by atoms with E-state index < -0.39 is 18.2 Å². The van der Waals surface area contributed by atoms with E-state index >= 15 is 0 Å². The molecule has 1 radical (unpaired) electrons. The predicted molar refractivity (Wildman–Crippen MR) is 145 cm³/mol. The largest absolute Gasteiger partial charge is 0.432 e. The highest BCUT2D eigenvalue weighted by molar-refractivity contribution is 6.58. The van der Waals surface area contributed by atoms with Crippen LogP contribution in [0.3, 0.4) is 0 Å². The maximum Gasteiger partial charge on any atom is 0.387 e. The highest BCUT2D eigenvalue weighted by atomic mass is 28.3. The van der Waals surface area contributed by atoms with Crippen molar-refractivity contribution in [3.8, 4) is 16.9 Å². The first-order chi connectivity index (χ1) is 17.5. The molecule has 2 aromatic carbocycles. The zero-order valence-electron chi connectivity index (χ0n) is 21.8. The second-order valence-electron chi connectivity index (χ2n) is 11.1. The molecule has 1 heterocycles. The number of unbranched alkanes of at least 4 members (excludes halogenated alkanes) is 2. The van der Waals surface area contributed by atoms with Crippen LogP contribution in [-0.2, 0) is 0 Å². The van der Waals surface area contributed by atoms with E-state index in [1.54, 1.807) is 24.2 Å². The van der Waals surface area contributed by atoms with E-state index in [2.05, 4.69) is 23.8 Å². The van der Waals surface area contributed by atoms with Crippen LogP contribution in [0.1, 0.15) is 89.0 Å². The molecule has 2 aromatic rings. The molecule has 0 atom stereocenters. The summed E-state index contributed by atoms with van der Waals surface area (Å²) >= 11 is 0. The first-order valence-corrected chi connectivity index (χ1v) is 16.3. The van der Waals surface area contributed by atoms with Gasteiger partial charge in [0.2, 0.25) is 0 Å². The molecule has 4 rings (SSSR count). The van der Waals surface area contributed by atoms with E-state index in [4.69, 9.17) is 0 Å². The lowest BCUT2D eigenvalue weighted by molar-refractivity contribution is -0.0521. The maximum atomic E-state index is 14.1. The minimum absolute atomic E-state index is 0.0134. The highest BCUT2D eigenvalue weighted by Gasteiger charge is 2.26. The van der Waals surface area contributed by atoms with Crippen molar-refractivity contribution in [3.63, 3.8) is 0 Å². The van der Waals surface area contributed by atoms with Gasteiger partial charge in [-0.3, -0.25) is 0 Å². The number of halogens is 3. The number of hydrogen-bond donors (Lipinski definition) is 0. The van der Waals surface area contributed by atoms with Crippen molar-refractivity contribution in [1.82, 2.24) is 0 Å². The van der Waals surface area contributed by atoms with Gasteiger partial charge in [0.05, 0.1) is 0 Å². The van der Waals surface area contributed by atoms with Gasteiger partial charge in [0, 0.05) is 8.80 Å². The van der Waals surface area contributed by atoms with Crippen molar-refractivity contribution in [3.05, 3.63) is 53.8 Å². The molecule has 2 fully saturated rings. The fourth-order valence-corrected chi connectivity index (χ4v) is 9.46. The fourth-order valence-electron chi connectivity index (χ4n) is 6.33. The summed E-state index contributed by atoms with van der Waals surface area (Å²) in [4.78, 5) is 0. The van der Waals surface area contributed by atoms with Crippen molar-refractivity contribution in [2.45, 2.75) is 108 Å². The van der Waals surface area contributed by atoms with Gasteiger partial charge in [-0.1, -0.05) is 100 Å². The van der Waals surface area contributed by atoms with E-state index in [-0.39, 0.29) is 8.80 Å². The van der Waals surface area contributed by atoms with Crippen molar-refractivity contribution >= 4 is 8.80 Å². The molecule has 0 aromatic heterocycles. The van der Waals surface area contributed by atoms with Crippen LogP contribution in [0.15, 0.2) is 42.5 Å². The summed E-state index contributed by atoms with van der Waals surface area (Å²) in [6.45, 7) is -0.720. The zero-order valence-corrected chi connectivity index (χ0v) is 22.8. The Bertz CT molecular complexity index is 916. The van der Waals surface area contributed by atoms with Gasteiger partial charge in [0.15, 0.2) is 11.6 Å². The molecule has 5 heteroatoms. The topological polar surface area (TPSA) is 9.23 Å². The molecule has 0 bridgehead atoms. The molecule has 1 nitrogen and oxygen atoms in total. The van der Waals surface area contributed by atoms with E-state index in [0.717, 1.165) is 17.4 Å². The predicted octanol–water partition coefficient (Wildman–Crippen LogP) is 10.2. The van der Waals surface area contributed by atoms with Crippen LogP contribution in [0.4, 0.5) is 13.2 Å². The Morgan fingerprint density at radius 2 is 1.47 bits per heavy atom. The molecule has 0 amide bonds. The Kier molecular flexibility index (Phi) is 10.4. The standard InChI is InChI=1S/C31H42F3OSi/c1-2-3-4-19-36-20-17-24(18-21-36)6-5-23-7-9-25(10-8-23)26-11-13-27(14-12-26)28-15-16-30(29(32)22-28)35-31(33)34/h11-16,22-25,31H,2-10,17-21H2,1H3. The van der Waals surface area contributed by atoms with Crippen molar-refractivity contribution in [1.29, 1.82) is 0 Å². The molecule has 1 saturated carbocycles. The summed E-state index contributed by atoms with van der Waals surface area (Å²) < 4.78 is 43.0. The molecule has 1 aliphatic heterocycles.